The summed E-state index contributed by atoms with van der Waals surface area (Å²) < 4.78 is 7.23. The second-order valence-electron chi connectivity index (χ2n) is 4.82. The van der Waals surface area contributed by atoms with E-state index in [2.05, 4.69) is 10.5 Å². The molecule has 3 N–H and O–H groups in total. The maximum Gasteiger partial charge on any atom is 0.306 e. The second-order valence-corrected chi connectivity index (χ2v) is 4.82. The summed E-state index contributed by atoms with van der Waals surface area (Å²) in [5, 5.41) is 13.4. The van der Waals surface area contributed by atoms with Crippen LogP contribution < -0.4 is 15.9 Å². The van der Waals surface area contributed by atoms with Gasteiger partial charge in [0.1, 0.15) is 11.8 Å². The molecule has 6 nitrogen and oxygen atoms in total. The molecular weight excluding hydrogens is 266 g/mol. The van der Waals surface area contributed by atoms with Crippen molar-refractivity contribution in [2.75, 3.05) is 25.6 Å². The molecule has 0 atom stereocenters. The molecule has 1 saturated heterocycles. The van der Waals surface area contributed by atoms with E-state index in [-0.39, 0.29) is 5.71 Å². The molecule has 0 aromatic heterocycles. The predicted molar refractivity (Wildman–Crippen MR) is 82.7 cm³/mol. The lowest BCUT2D eigenvalue weighted by atomic mass is 10.1. The Kier molecular flexibility index (Phi) is 5.16. The van der Waals surface area contributed by atoms with Crippen molar-refractivity contribution in [2.45, 2.75) is 19.3 Å². The fourth-order valence-corrected chi connectivity index (χ4v) is 2.28. The van der Waals surface area contributed by atoms with E-state index in [4.69, 9.17) is 10.5 Å². The van der Waals surface area contributed by atoms with Gasteiger partial charge in [-0.2, -0.15) is 10.4 Å². The third kappa shape index (κ3) is 3.72. The zero-order valence-corrected chi connectivity index (χ0v) is 12.2. The molecule has 0 saturated carbocycles. The number of rotatable bonds is 4. The van der Waals surface area contributed by atoms with Gasteiger partial charge >= 0.3 is 5.84 Å². The molecule has 1 heterocycles. The first-order valence-electron chi connectivity index (χ1n) is 7.01. The zero-order valence-electron chi connectivity index (χ0n) is 12.2. The van der Waals surface area contributed by atoms with Gasteiger partial charge in [-0.3, -0.25) is 15.7 Å². The molecule has 0 aliphatic carbocycles. The summed E-state index contributed by atoms with van der Waals surface area (Å²) in [6, 6.07) is 9.43. The van der Waals surface area contributed by atoms with Crippen LogP contribution in [0.4, 0.5) is 5.69 Å². The minimum atomic E-state index is 0.197. The molecule has 21 heavy (non-hydrogen) atoms. The largest absolute Gasteiger partial charge is 0.495 e. The average molecular weight is 286 g/mol. The molecule has 1 fully saturated rings. The number of piperidine rings is 1. The number of para-hydroxylation sites is 2. The van der Waals surface area contributed by atoms with E-state index in [0.29, 0.717) is 17.3 Å². The topological polar surface area (TPSA) is 86.4 Å². The summed E-state index contributed by atoms with van der Waals surface area (Å²) in [5.41, 5.74) is 9.79. The predicted octanol–water partition coefficient (Wildman–Crippen LogP) is 1.54. The molecule has 0 unspecified atom stereocenters. The lowest BCUT2D eigenvalue weighted by Gasteiger charge is -2.14. The number of hydrazone groups is 1. The van der Waals surface area contributed by atoms with E-state index >= 15 is 0 Å². The highest BCUT2D eigenvalue weighted by molar-refractivity contribution is 6.45. The quantitative estimate of drug-likeness (QED) is 0.380. The molecule has 6 heteroatoms. The van der Waals surface area contributed by atoms with Crippen LogP contribution in [0.15, 0.2) is 29.4 Å². The summed E-state index contributed by atoms with van der Waals surface area (Å²) in [5.74, 6) is 1.09. The van der Waals surface area contributed by atoms with Crippen LogP contribution in [0.2, 0.25) is 0 Å². The fraction of sp³-hybridized carbons (Fsp3) is 0.400. The molecule has 0 bridgehead atoms. The Morgan fingerprint density at radius 3 is 2.71 bits per heavy atom. The number of methoxy groups -OCH3 is 1. The van der Waals surface area contributed by atoms with Crippen molar-refractivity contribution in [1.29, 1.82) is 5.26 Å². The SMILES string of the molecule is COc1ccccc1NN=C(C#N)C(N)=[N+]1CCCCC1. The number of amidine groups is 1. The molecule has 0 amide bonds. The normalized spacial score (nSPS) is 15.2. The number of benzene rings is 1. The van der Waals surface area contributed by atoms with E-state index in [0.717, 1.165) is 25.9 Å². The first-order chi connectivity index (χ1) is 10.3. The summed E-state index contributed by atoms with van der Waals surface area (Å²) in [6.07, 6.45) is 3.40. The van der Waals surface area contributed by atoms with Crippen LogP contribution in [0.1, 0.15) is 19.3 Å². The fourth-order valence-electron chi connectivity index (χ4n) is 2.28. The van der Waals surface area contributed by atoms with Crippen LogP contribution in [0.5, 0.6) is 5.75 Å². The molecule has 0 spiro atoms. The molecule has 1 aromatic carbocycles. The smallest absolute Gasteiger partial charge is 0.306 e. The summed E-state index contributed by atoms with van der Waals surface area (Å²) >= 11 is 0. The van der Waals surface area contributed by atoms with Gasteiger partial charge in [-0.05, 0) is 31.4 Å². The minimum Gasteiger partial charge on any atom is -0.495 e. The third-order valence-corrected chi connectivity index (χ3v) is 3.44. The minimum absolute atomic E-state index is 0.197. The van der Waals surface area contributed by atoms with Gasteiger partial charge in [0.05, 0.1) is 25.9 Å². The monoisotopic (exact) mass is 286 g/mol. The van der Waals surface area contributed by atoms with Gasteiger partial charge in [-0.15, -0.1) is 0 Å². The van der Waals surface area contributed by atoms with Crippen molar-refractivity contribution < 1.29 is 9.31 Å². The summed E-state index contributed by atoms with van der Waals surface area (Å²) in [6.45, 7) is 1.75. The van der Waals surface area contributed by atoms with Gasteiger partial charge in [0.25, 0.3) is 0 Å². The standard InChI is InChI=1S/C15H19N5O/c1-21-14-8-4-3-7-12(14)18-19-13(11-16)15(17)20-9-5-2-6-10-20/h3-4,7-8H,2,5-6,9-10H2,1H3,(H2,17,18)/p+1. The molecule has 2 rings (SSSR count). The van der Waals surface area contributed by atoms with Gasteiger partial charge in [0.15, 0.2) is 0 Å². The Morgan fingerprint density at radius 2 is 2.05 bits per heavy atom. The molecule has 1 aliphatic heterocycles. The van der Waals surface area contributed by atoms with Gasteiger partial charge < -0.3 is 4.74 Å². The van der Waals surface area contributed by atoms with E-state index in [9.17, 15) is 5.26 Å². The van der Waals surface area contributed by atoms with Crippen LogP contribution >= 0.6 is 0 Å². The highest BCUT2D eigenvalue weighted by atomic mass is 16.5. The van der Waals surface area contributed by atoms with Crippen LogP contribution in [-0.4, -0.2) is 36.3 Å². The van der Waals surface area contributed by atoms with Gasteiger partial charge in [0.2, 0.25) is 5.71 Å². The molecular formula is C15H20N5O+. The number of nitrogens with two attached hydrogens (primary N) is 1. The maximum absolute atomic E-state index is 9.25. The summed E-state index contributed by atoms with van der Waals surface area (Å²) in [4.78, 5) is 0. The van der Waals surface area contributed by atoms with E-state index in [1.807, 2.05) is 34.9 Å². The highest BCUT2D eigenvalue weighted by Gasteiger charge is 2.18. The molecule has 0 radical (unpaired) electrons. The van der Waals surface area contributed by atoms with E-state index in [1.165, 1.54) is 6.42 Å². The number of ether oxygens (including phenoxy) is 1. The second kappa shape index (κ2) is 7.29. The van der Waals surface area contributed by atoms with Crippen molar-refractivity contribution in [2.24, 2.45) is 10.8 Å². The Bertz CT molecular complexity index is 592. The molecule has 1 aliphatic rings. The maximum atomic E-state index is 9.25. The van der Waals surface area contributed by atoms with E-state index < -0.39 is 0 Å². The van der Waals surface area contributed by atoms with Crippen molar-refractivity contribution in [3.8, 4) is 11.8 Å². The Balaban J connectivity index is 2.19. The van der Waals surface area contributed by atoms with Crippen molar-refractivity contribution >= 4 is 17.2 Å². The highest BCUT2D eigenvalue weighted by Crippen LogP contribution is 2.22. The van der Waals surface area contributed by atoms with Crippen molar-refractivity contribution in [3.63, 3.8) is 0 Å². The number of nitrogens with one attached hydrogen (secondary N) is 1. The van der Waals surface area contributed by atoms with Crippen LogP contribution in [0, 0.1) is 11.3 Å². The Hall–Kier alpha value is -2.55. The Morgan fingerprint density at radius 1 is 1.33 bits per heavy atom. The number of nitrogens with zero attached hydrogens (tertiary/aromatic N) is 3. The number of hydrogen-bond donors (Lipinski definition) is 2. The first-order valence-corrected chi connectivity index (χ1v) is 7.01. The third-order valence-electron chi connectivity index (χ3n) is 3.44. The number of anilines is 1. The van der Waals surface area contributed by atoms with Gasteiger partial charge in [-0.1, -0.05) is 12.1 Å². The van der Waals surface area contributed by atoms with Gasteiger partial charge in [0, 0.05) is 0 Å². The van der Waals surface area contributed by atoms with Gasteiger partial charge in [-0.25, -0.2) is 0 Å². The molecule has 110 valence electrons. The van der Waals surface area contributed by atoms with Crippen LogP contribution in [-0.2, 0) is 0 Å². The van der Waals surface area contributed by atoms with E-state index in [1.54, 1.807) is 7.11 Å². The van der Waals surface area contributed by atoms with Crippen molar-refractivity contribution in [1.82, 2.24) is 0 Å². The first kappa shape index (κ1) is 14.9. The van der Waals surface area contributed by atoms with Crippen molar-refractivity contribution in [3.05, 3.63) is 24.3 Å². The number of nitriles is 1. The Labute approximate surface area is 124 Å². The van der Waals surface area contributed by atoms with Crippen LogP contribution in [0.3, 0.4) is 0 Å². The summed E-state index contributed by atoms with van der Waals surface area (Å²) in [7, 11) is 1.59. The lowest BCUT2D eigenvalue weighted by molar-refractivity contribution is -0.536. The van der Waals surface area contributed by atoms with Crippen LogP contribution in [0.25, 0.3) is 0 Å². The number of hydrogen-bond acceptors (Lipinski definition) is 4. The lowest BCUT2D eigenvalue weighted by Crippen LogP contribution is -2.38. The average Bonchev–Trinajstić information content (AvgIpc) is 2.56. The molecule has 1 aromatic rings. The zero-order chi connectivity index (χ0) is 15.1.